The van der Waals surface area contributed by atoms with E-state index in [1.54, 1.807) is 31.2 Å². The van der Waals surface area contributed by atoms with Gasteiger partial charge in [0.15, 0.2) is 9.84 Å². The number of benzene rings is 1. The Balaban J connectivity index is 2.62. The molecule has 5 nitrogen and oxygen atoms in total. The van der Waals surface area contributed by atoms with E-state index in [-0.39, 0.29) is 12.2 Å². The fraction of sp³-hybridized carbons (Fsp3) is 0.462. The third-order valence-corrected chi connectivity index (χ3v) is 4.52. The first-order valence-corrected chi connectivity index (χ1v) is 7.90. The molecule has 106 valence electrons. The molecule has 0 spiro atoms. The highest BCUT2D eigenvalue weighted by Gasteiger charge is 2.15. The lowest BCUT2D eigenvalue weighted by atomic mass is 10.2. The van der Waals surface area contributed by atoms with Crippen LogP contribution in [-0.2, 0) is 14.6 Å². The van der Waals surface area contributed by atoms with Crippen LogP contribution in [-0.4, -0.2) is 31.8 Å². The first kappa shape index (κ1) is 15.5. The molecular weight excluding hydrogens is 266 g/mol. The molecule has 0 radical (unpaired) electrons. The molecule has 0 amide bonds. The van der Waals surface area contributed by atoms with Gasteiger partial charge in [-0.15, -0.1) is 0 Å². The Kier molecular flexibility index (Phi) is 5.82. The summed E-state index contributed by atoms with van der Waals surface area (Å²) < 4.78 is 23.8. The molecule has 1 aromatic carbocycles. The summed E-state index contributed by atoms with van der Waals surface area (Å²) in [7, 11) is -3.24. The minimum atomic E-state index is -3.24. The van der Waals surface area contributed by atoms with Gasteiger partial charge in [0, 0.05) is 13.0 Å². The first-order chi connectivity index (χ1) is 8.97. The molecule has 6 heteroatoms. The van der Waals surface area contributed by atoms with Crippen LogP contribution < -0.4 is 5.32 Å². The summed E-state index contributed by atoms with van der Waals surface area (Å²) in [5.74, 6) is -0.751. The van der Waals surface area contributed by atoms with E-state index >= 15 is 0 Å². The van der Waals surface area contributed by atoms with Gasteiger partial charge in [-0.25, -0.2) is 8.42 Å². The zero-order chi connectivity index (χ0) is 14.3. The van der Waals surface area contributed by atoms with Crippen molar-refractivity contribution in [2.24, 2.45) is 0 Å². The second-order valence-corrected chi connectivity index (χ2v) is 6.42. The number of carboxylic acid groups (broad SMARTS) is 1. The zero-order valence-corrected chi connectivity index (χ0v) is 11.7. The van der Waals surface area contributed by atoms with E-state index in [9.17, 15) is 13.2 Å². The molecule has 0 saturated carbocycles. The molecule has 19 heavy (non-hydrogen) atoms. The Labute approximate surface area is 113 Å². The number of carbonyl (C=O) groups is 1. The minimum absolute atomic E-state index is 0.0602. The summed E-state index contributed by atoms with van der Waals surface area (Å²) in [6.45, 7) is 2.17. The van der Waals surface area contributed by atoms with E-state index in [0.717, 1.165) is 0 Å². The fourth-order valence-corrected chi connectivity index (χ4v) is 2.74. The number of rotatable bonds is 8. The van der Waals surface area contributed by atoms with Crippen LogP contribution in [0.15, 0.2) is 29.2 Å². The highest BCUT2D eigenvalue weighted by Crippen LogP contribution is 2.21. The van der Waals surface area contributed by atoms with Crippen molar-refractivity contribution >= 4 is 21.5 Å². The molecule has 0 bridgehead atoms. The maximum absolute atomic E-state index is 11.9. The van der Waals surface area contributed by atoms with Gasteiger partial charge in [-0.05, 0) is 25.0 Å². The lowest BCUT2D eigenvalue weighted by molar-refractivity contribution is -0.137. The second-order valence-electron chi connectivity index (χ2n) is 4.18. The Bertz CT molecular complexity index is 525. The van der Waals surface area contributed by atoms with Crippen LogP contribution in [0.25, 0.3) is 0 Å². The quantitative estimate of drug-likeness (QED) is 0.715. The average Bonchev–Trinajstić information content (AvgIpc) is 2.38. The number of hydrogen-bond donors (Lipinski definition) is 2. The van der Waals surface area contributed by atoms with Crippen molar-refractivity contribution in [2.75, 3.05) is 17.6 Å². The molecule has 0 fully saturated rings. The molecule has 0 atom stereocenters. The van der Waals surface area contributed by atoms with Crippen molar-refractivity contribution < 1.29 is 18.3 Å². The van der Waals surface area contributed by atoms with Gasteiger partial charge in [0.1, 0.15) is 0 Å². The predicted octanol–water partition coefficient (Wildman–Crippen LogP) is 2.15. The van der Waals surface area contributed by atoms with Gasteiger partial charge in [0.25, 0.3) is 0 Å². The number of anilines is 1. The van der Waals surface area contributed by atoms with Crippen LogP contribution in [0, 0.1) is 0 Å². The van der Waals surface area contributed by atoms with Crippen LogP contribution in [0.1, 0.15) is 26.2 Å². The first-order valence-electron chi connectivity index (χ1n) is 6.25. The maximum atomic E-state index is 11.9. The van der Waals surface area contributed by atoms with E-state index in [1.807, 2.05) is 0 Å². The number of unbranched alkanes of at least 4 members (excludes halogenated alkanes) is 1. The van der Waals surface area contributed by atoms with Crippen LogP contribution in [0.5, 0.6) is 0 Å². The molecule has 0 saturated heterocycles. The standard InChI is InChI=1S/C13H19NO4S/c1-2-19(17,18)12-8-4-3-7-11(12)14-10-6-5-9-13(15)16/h3-4,7-8,14H,2,5-6,9-10H2,1H3,(H,15,16). The fourth-order valence-electron chi connectivity index (χ4n) is 1.66. The molecule has 0 heterocycles. The second kappa shape index (κ2) is 7.13. The summed E-state index contributed by atoms with van der Waals surface area (Å²) in [4.78, 5) is 10.7. The summed E-state index contributed by atoms with van der Waals surface area (Å²) in [6, 6.07) is 6.77. The van der Waals surface area contributed by atoms with Gasteiger partial charge < -0.3 is 10.4 Å². The van der Waals surface area contributed by atoms with Crippen LogP contribution in [0.2, 0.25) is 0 Å². The molecule has 2 N–H and O–H groups in total. The monoisotopic (exact) mass is 285 g/mol. The van der Waals surface area contributed by atoms with Gasteiger partial charge in [0.05, 0.1) is 16.3 Å². The maximum Gasteiger partial charge on any atom is 0.303 e. The Morgan fingerprint density at radius 2 is 1.95 bits per heavy atom. The third kappa shape index (κ3) is 4.90. The van der Waals surface area contributed by atoms with Crippen molar-refractivity contribution in [3.05, 3.63) is 24.3 Å². The van der Waals surface area contributed by atoms with Gasteiger partial charge in [-0.1, -0.05) is 19.1 Å². The largest absolute Gasteiger partial charge is 0.481 e. The van der Waals surface area contributed by atoms with Crippen molar-refractivity contribution in [1.29, 1.82) is 0 Å². The number of carboxylic acids is 1. The van der Waals surface area contributed by atoms with Crippen LogP contribution in [0.3, 0.4) is 0 Å². The van der Waals surface area contributed by atoms with Crippen molar-refractivity contribution in [2.45, 2.75) is 31.1 Å². The molecule has 0 aromatic heterocycles. The SMILES string of the molecule is CCS(=O)(=O)c1ccccc1NCCCCC(=O)O. The minimum Gasteiger partial charge on any atom is -0.481 e. The topological polar surface area (TPSA) is 83.5 Å². The van der Waals surface area contributed by atoms with Crippen LogP contribution in [0.4, 0.5) is 5.69 Å². The summed E-state index contributed by atoms with van der Waals surface area (Å²) in [6.07, 6.45) is 1.40. The molecule has 0 aliphatic heterocycles. The summed E-state index contributed by atoms with van der Waals surface area (Å²) in [5.41, 5.74) is 0.583. The Morgan fingerprint density at radius 3 is 2.58 bits per heavy atom. The lowest BCUT2D eigenvalue weighted by Gasteiger charge is -2.11. The smallest absolute Gasteiger partial charge is 0.303 e. The molecular formula is C13H19NO4S. The van der Waals surface area contributed by atoms with E-state index in [4.69, 9.17) is 5.11 Å². The normalized spacial score (nSPS) is 11.2. The summed E-state index contributed by atoms with van der Waals surface area (Å²) in [5, 5.41) is 11.6. The van der Waals surface area contributed by atoms with E-state index in [0.29, 0.717) is 30.0 Å². The average molecular weight is 285 g/mol. The molecule has 0 aliphatic carbocycles. The van der Waals surface area contributed by atoms with Crippen molar-refractivity contribution in [3.8, 4) is 0 Å². The van der Waals surface area contributed by atoms with Crippen molar-refractivity contribution in [3.63, 3.8) is 0 Å². The Morgan fingerprint density at radius 1 is 1.26 bits per heavy atom. The molecule has 0 unspecified atom stereocenters. The summed E-state index contributed by atoms with van der Waals surface area (Å²) >= 11 is 0. The highest BCUT2D eigenvalue weighted by molar-refractivity contribution is 7.91. The van der Waals surface area contributed by atoms with Crippen LogP contribution >= 0.6 is 0 Å². The predicted molar refractivity (Wildman–Crippen MR) is 74.1 cm³/mol. The number of para-hydroxylation sites is 1. The van der Waals surface area contributed by atoms with E-state index < -0.39 is 15.8 Å². The number of nitrogens with one attached hydrogen (secondary N) is 1. The Hall–Kier alpha value is -1.56. The van der Waals surface area contributed by atoms with Gasteiger partial charge >= 0.3 is 5.97 Å². The van der Waals surface area contributed by atoms with E-state index in [2.05, 4.69) is 5.32 Å². The van der Waals surface area contributed by atoms with E-state index in [1.165, 1.54) is 0 Å². The van der Waals surface area contributed by atoms with Gasteiger partial charge in [-0.3, -0.25) is 4.79 Å². The zero-order valence-electron chi connectivity index (χ0n) is 10.9. The number of hydrogen-bond acceptors (Lipinski definition) is 4. The van der Waals surface area contributed by atoms with Gasteiger partial charge in [0.2, 0.25) is 0 Å². The van der Waals surface area contributed by atoms with Gasteiger partial charge in [-0.2, -0.15) is 0 Å². The molecule has 0 aliphatic rings. The number of sulfone groups is 1. The molecule has 1 aromatic rings. The highest BCUT2D eigenvalue weighted by atomic mass is 32.2. The third-order valence-electron chi connectivity index (χ3n) is 2.74. The number of aliphatic carboxylic acids is 1. The molecule has 1 rings (SSSR count). The lowest BCUT2D eigenvalue weighted by Crippen LogP contribution is -2.10. The van der Waals surface area contributed by atoms with Crippen molar-refractivity contribution in [1.82, 2.24) is 0 Å².